The van der Waals surface area contributed by atoms with Crippen molar-refractivity contribution in [3.63, 3.8) is 0 Å². The van der Waals surface area contributed by atoms with E-state index in [-0.39, 0.29) is 18.0 Å². The smallest absolute Gasteiger partial charge is 0.267 e. The molecule has 1 N–H and O–H groups in total. The van der Waals surface area contributed by atoms with Gasteiger partial charge in [0.25, 0.3) is 5.56 Å². The van der Waals surface area contributed by atoms with E-state index >= 15 is 0 Å². The van der Waals surface area contributed by atoms with Crippen molar-refractivity contribution >= 4 is 28.8 Å². The fraction of sp³-hybridized carbons (Fsp3) is 0.118. The summed E-state index contributed by atoms with van der Waals surface area (Å²) in [6.07, 6.45) is 0. The molecule has 0 saturated heterocycles. The number of aromatic nitrogens is 2. The lowest BCUT2D eigenvalue weighted by molar-refractivity contribution is -0.122. The summed E-state index contributed by atoms with van der Waals surface area (Å²) in [6, 6.07) is 16.2. The minimum absolute atomic E-state index is 0.126. The van der Waals surface area contributed by atoms with Crippen LogP contribution in [-0.2, 0) is 17.9 Å². The van der Waals surface area contributed by atoms with Crippen LogP contribution in [0.5, 0.6) is 0 Å². The fourth-order valence-corrected chi connectivity index (χ4v) is 3.18. The van der Waals surface area contributed by atoms with Gasteiger partial charge in [0.05, 0.1) is 16.6 Å². The first-order valence-corrected chi connectivity index (χ1v) is 8.46. The number of nitrogens with one attached hydrogen (secondary N) is 1. The largest absolute Gasteiger partial charge is 0.350 e. The first-order valence-electron chi connectivity index (χ1n) is 7.26. The van der Waals surface area contributed by atoms with E-state index in [0.29, 0.717) is 16.6 Å². The molecule has 0 atom stereocenters. The molecular formula is C17H14ClN3O2S. The van der Waals surface area contributed by atoms with Gasteiger partial charge in [0.15, 0.2) is 0 Å². The van der Waals surface area contributed by atoms with Crippen molar-refractivity contribution in [1.29, 1.82) is 0 Å². The number of carbonyl (C=O) groups excluding carboxylic acids is 1. The molecule has 122 valence electrons. The van der Waals surface area contributed by atoms with Crippen molar-refractivity contribution in [3.8, 4) is 11.3 Å². The van der Waals surface area contributed by atoms with Crippen LogP contribution in [-0.4, -0.2) is 15.7 Å². The zero-order valence-corrected chi connectivity index (χ0v) is 14.2. The molecule has 0 bridgehead atoms. The third kappa shape index (κ3) is 4.10. The van der Waals surface area contributed by atoms with E-state index in [9.17, 15) is 9.59 Å². The number of benzene rings is 1. The van der Waals surface area contributed by atoms with Crippen molar-refractivity contribution in [2.24, 2.45) is 0 Å². The molecule has 7 heteroatoms. The molecule has 24 heavy (non-hydrogen) atoms. The van der Waals surface area contributed by atoms with Crippen LogP contribution in [0.1, 0.15) is 4.88 Å². The molecule has 0 radical (unpaired) electrons. The summed E-state index contributed by atoms with van der Waals surface area (Å²) in [5.74, 6) is -0.278. The van der Waals surface area contributed by atoms with E-state index in [0.717, 1.165) is 10.4 Å². The van der Waals surface area contributed by atoms with E-state index in [2.05, 4.69) is 10.4 Å². The Balaban J connectivity index is 1.70. The molecule has 5 nitrogen and oxygen atoms in total. The van der Waals surface area contributed by atoms with Crippen LogP contribution < -0.4 is 10.9 Å². The van der Waals surface area contributed by atoms with Gasteiger partial charge in [-0.1, -0.05) is 41.9 Å². The van der Waals surface area contributed by atoms with Gasteiger partial charge in [-0.25, -0.2) is 4.68 Å². The Hall–Kier alpha value is -2.44. The van der Waals surface area contributed by atoms with Gasteiger partial charge in [-0.3, -0.25) is 9.59 Å². The lowest BCUT2D eigenvalue weighted by Gasteiger charge is -2.07. The van der Waals surface area contributed by atoms with Gasteiger partial charge in [0.2, 0.25) is 5.91 Å². The average Bonchev–Trinajstić information content (AvgIpc) is 3.01. The van der Waals surface area contributed by atoms with E-state index in [1.54, 1.807) is 12.1 Å². The van der Waals surface area contributed by atoms with Crippen LogP contribution in [0.15, 0.2) is 59.4 Å². The van der Waals surface area contributed by atoms with Crippen molar-refractivity contribution in [1.82, 2.24) is 15.1 Å². The standard InChI is InChI=1S/C17H14ClN3O2S/c18-15-8-6-13(24-15)10-19-16(22)11-21-17(23)9-7-14(20-21)12-4-2-1-3-5-12/h1-9H,10-11H2,(H,19,22). The zero-order valence-electron chi connectivity index (χ0n) is 12.6. The number of carbonyl (C=O) groups is 1. The van der Waals surface area contributed by atoms with Crippen molar-refractivity contribution in [3.05, 3.63) is 74.2 Å². The van der Waals surface area contributed by atoms with Crippen LogP contribution in [0.2, 0.25) is 4.34 Å². The lowest BCUT2D eigenvalue weighted by Crippen LogP contribution is -2.33. The number of hydrogen-bond donors (Lipinski definition) is 1. The van der Waals surface area contributed by atoms with Gasteiger partial charge in [0, 0.05) is 16.5 Å². The third-order valence-corrected chi connectivity index (χ3v) is 4.55. The summed E-state index contributed by atoms with van der Waals surface area (Å²) in [5.41, 5.74) is 1.22. The van der Waals surface area contributed by atoms with Gasteiger partial charge in [-0.05, 0) is 18.2 Å². The Morgan fingerprint density at radius 1 is 1.12 bits per heavy atom. The minimum atomic E-state index is -0.316. The zero-order chi connectivity index (χ0) is 16.9. The SMILES string of the molecule is O=C(Cn1nc(-c2ccccc2)ccc1=O)NCc1ccc(Cl)s1. The maximum Gasteiger partial charge on any atom is 0.267 e. The Kier molecular flexibility index (Phi) is 5.08. The number of thiophene rings is 1. The second-order valence-electron chi connectivity index (χ2n) is 5.06. The van der Waals surface area contributed by atoms with Crippen molar-refractivity contribution < 1.29 is 4.79 Å². The normalized spacial score (nSPS) is 10.5. The number of rotatable bonds is 5. The van der Waals surface area contributed by atoms with Crippen LogP contribution >= 0.6 is 22.9 Å². The van der Waals surface area contributed by atoms with Gasteiger partial charge < -0.3 is 5.32 Å². The second kappa shape index (κ2) is 7.42. The molecule has 3 aromatic rings. The number of halogens is 1. The molecule has 0 spiro atoms. The van der Waals surface area contributed by atoms with Gasteiger partial charge in [0.1, 0.15) is 6.54 Å². The lowest BCUT2D eigenvalue weighted by atomic mass is 10.1. The number of amides is 1. The highest BCUT2D eigenvalue weighted by Gasteiger charge is 2.08. The Labute approximate surface area is 147 Å². The topological polar surface area (TPSA) is 64.0 Å². The monoisotopic (exact) mass is 359 g/mol. The van der Waals surface area contributed by atoms with E-state index < -0.39 is 0 Å². The first kappa shape index (κ1) is 16.4. The summed E-state index contributed by atoms with van der Waals surface area (Å²) < 4.78 is 1.84. The molecule has 0 fully saturated rings. The summed E-state index contributed by atoms with van der Waals surface area (Å²) in [6.45, 7) is 0.252. The second-order valence-corrected chi connectivity index (χ2v) is 6.86. The summed E-state index contributed by atoms with van der Waals surface area (Å²) in [4.78, 5) is 24.9. The number of hydrogen-bond acceptors (Lipinski definition) is 4. The highest BCUT2D eigenvalue weighted by atomic mass is 35.5. The maximum atomic E-state index is 12.1. The van der Waals surface area contributed by atoms with E-state index in [1.165, 1.54) is 22.1 Å². The van der Waals surface area contributed by atoms with Crippen LogP contribution in [0.25, 0.3) is 11.3 Å². The Morgan fingerprint density at radius 2 is 1.92 bits per heavy atom. The molecule has 2 heterocycles. The van der Waals surface area contributed by atoms with Crippen LogP contribution in [0, 0.1) is 0 Å². The molecule has 0 aliphatic rings. The molecule has 1 aromatic carbocycles. The first-order chi connectivity index (χ1) is 11.6. The summed E-state index contributed by atoms with van der Waals surface area (Å²) in [5, 5.41) is 7.03. The van der Waals surface area contributed by atoms with Crippen LogP contribution in [0.3, 0.4) is 0 Å². The number of nitrogens with zero attached hydrogens (tertiary/aromatic N) is 2. The predicted molar refractivity (Wildman–Crippen MR) is 95.1 cm³/mol. The average molecular weight is 360 g/mol. The van der Waals surface area contributed by atoms with Crippen LogP contribution in [0.4, 0.5) is 0 Å². The molecule has 3 rings (SSSR count). The molecule has 0 unspecified atom stereocenters. The predicted octanol–water partition coefficient (Wildman–Crippen LogP) is 2.94. The summed E-state index contributed by atoms with van der Waals surface area (Å²) in [7, 11) is 0. The Morgan fingerprint density at radius 3 is 2.62 bits per heavy atom. The minimum Gasteiger partial charge on any atom is -0.350 e. The van der Waals surface area contributed by atoms with Gasteiger partial charge >= 0.3 is 0 Å². The third-order valence-electron chi connectivity index (χ3n) is 3.32. The molecular weight excluding hydrogens is 346 g/mol. The van der Waals surface area contributed by atoms with E-state index in [4.69, 9.17) is 11.6 Å². The molecule has 1 amide bonds. The quantitative estimate of drug-likeness (QED) is 0.761. The highest BCUT2D eigenvalue weighted by Crippen LogP contribution is 2.21. The molecule has 0 saturated carbocycles. The van der Waals surface area contributed by atoms with Crippen molar-refractivity contribution in [2.75, 3.05) is 0 Å². The molecule has 2 aromatic heterocycles. The molecule has 0 aliphatic carbocycles. The van der Waals surface area contributed by atoms with Crippen molar-refractivity contribution in [2.45, 2.75) is 13.1 Å². The maximum absolute atomic E-state index is 12.1. The summed E-state index contributed by atoms with van der Waals surface area (Å²) >= 11 is 7.26. The highest BCUT2D eigenvalue weighted by molar-refractivity contribution is 7.16. The molecule has 0 aliphatic heterocycles. The van der Waals surface area contributed by atoms with Gasteiger partial charge in [-0.15, -0.1) is 11.3 Å². The van der Waals surface area contributed by atoms with E-state index in [1.807, 2.05) is 36.4 Å². The van der Waals surface area contributed by atoms with Gasteiger partial charge in [-0.2, -0.15) is 5.10 Å². The fourth-order valence-electron chi connectivity index (χ4n) is 2.15. The Bertz CT molecular complexity index is 905.